The normalized spacial score (nSPS) is 24.9. The molecule has 0 saturated carbocycles. The third-order valence-electron chi connectivity index (χ3n) is 16.4. The third-order valence-corrected chi connectivity index (χ3v) is 34.9. The van der Waals surface area contributed by atoms with E-state index in [0.29, 0.717) is 6.42 Å². The fourth-order valence-electron chi connectivity index (χ4n) is 11.1. The van der Waals surface area contributed by atoms with Crippen LogP contribution in [0.5, 0.6) is 0 Å². The minimum Gasteiger partial charge on any atom is -0.495 e. The highest BCUT2D eigenvalue weighted by Crippen LogP contribution is 2.56. The molecule has 1 saturated heterocycles. The van der Waals surface area contributed by atoms with Gasteiger partial charge in [0.25, 0.3) is 0 Å². The van der Waals surface area contributed by atoms with Crippen LogP contribution in [0.3, 0.4) is 0 Å². The lowest BCUT2D eigenvalue weighted by Gasteiger charge is -2.55. The lowest BCUT2D eigenvalue weighted by atomic mass is 9.81. The lowest BCUT2D eigenvalue weighted by molar-refractivity contribution is -0.343. The van der Waals surface area contributed by atoms with Gasteiger partial charge in [-0.3, -0.25) is 0 Å². The van der Waals surface area contributed by atoms with E-state index in [-0.39, 0.29) is 36.3 Å². The van der Waals surface area contributed by atoms with E-state index in [1.54, 1.807) is 0 Å². The fraction of sp³-hybridized carbons (Fsp3) is 0.630. The Balaban J connectivity index is 1.56. The first kappa shape index (κ1) is 53.0. The number of methoxy groups -OCH3 is 1. The molecular weight excluding hydrogens is 860 g/mol. The molecule has 0 bridgehead atoms. The Morgan fingerprint density at radius 3 is 1.50 bits per heavy atom. The Kier molecular flexibility index (Phi) is 20.2. The maximum Gasteiger partial charge on any atom is 0.199 e. The van der Waals surface area contributed by atoms with Crippen LogP contribution in [0.1, 0.15) is 102 Å². The largest absolute Gasteiger partial charge is 0.495 e. The molecule has 2 aliphatic rings. The van der Waals surface area contributed by atoms with Gasteiger partial charge in [-0.25, -0.2) is 0 Å². The van der Waals surface area contributed by atoms with Crippen molar-refractivity contribution in [1.29, 1.82) is 0 Å². The molecule has 2 aliphatic heterocycles. The summed E-state index contributed by atoms with van der Waals surface area (Å²) in [6.45, 7) is 25.6. The van der Waals surface area contributed by atoms with Crippen molar-refractivity contribution in [2.24, 2.45) is 11.8 Å². The summed E-state index contributed by atoms with van der Waals surface area (Å²) in [6, 6.07) is 43.6. The lowest BCUT2D eigenvalue weighted by Crippen LogP contribution is -2.66. The predicted molar refractivity (Wildman–Crippen MR) is 282 cm³/mol. The molecule has 0 aromatic heterocycles. The van der Waals surface area contributed by atoms with Gasteiger partial charge in [-0.05, 0) is 116 Å². The van der Waals surface area contributed by atoms with Crippen molar-refractivity contribution < 1.29 is 27.5 Å². The molecule has 5 rings (SSSR count). The smallest absolute Gasteiger partial charge is 0.199 e. The monoisotopic (exact) mass is 948 g/mol. The number of ether oxygens (including phenoxy) is 3. The molecule has 8 atom stereocenters. The van der Waals surface area contributed by atoms with E-state index >= 15 is 0 Å². The van der Waals surface area contributed by atoms with E-state index in [1.165, 1.54) is 15.9 Å². The Labute approximate surface area is 394 Å². The minimum absolute atomic E-state index is 0.0244. The van der Waals surface area contributed by atoms with Gasteiger partial charge in [0.2, 0.25) is 0 Å². The Morgan fingerprint density at radius 1 is 0.609 bits per heavy atom. The molecular formula is C54H88O6PSi3+. The summed E-state index contributed by atoms with van der Waals surface area (Å²) in [7, 11) is -6.29. The second kappa shape index (κ2) is 24.4. The predicted octanol–water partition coefficient (Wildman–Crippen LogP) is 13.6. The van der Waals surface area contributed by atoms with Crippen molar-refractivity contribution in [2.45, 2.75) is 193 Å². The summed E-state index contributed by atoms with van der Waals surface area (Å²) < 4.78 is 44.2. The van der Waals surface area contributed by atoms with Crippen LogP contribution in [0, 0.1) is 11.8 Å². The highest BCUT2D eigenvalue weighted by molar-refractivity contribution is 7.95. The molecule has 10 heteroatoms. The number of hydrogen-bond donors (Lipinski definition) is 0. The van der Waals surface area contributed by atoms with Gasteiger partial charge in [0.05, 0.1) is 30.7 Å². The van der Waals surface area contributed by atoms with E-state index < -0.39 is 44.1 Å². The summed E-state index contributed by atoms with van der Waals surface area (Å²) >= 11 is 0. The molecule has 2 heterocycles. The average molecular weight is 949 g/mol. The number of benzene rings is 3. The van der Waals surface area contributed by atoms with Gasteiger partial charge < -0.3 is 27.5 Å². The molecule has 3 aromatic rings. The fourth-order valence-corrected chi connectivity index (χ4v) is 24.1. The molecule has 0 aliphatic carbocycles. The van der Waals surface area contributed by atoms with Gasteiger partial charge in [-0.2, -0.15) is 0 Å². The SMILES string of the molecule is CC[Si](CC)(CC)O[C@H]1C=CO[C@@H]([C@H](O[Si](CC)(CC)CC)[C@@]2(OC)C[C@H](O[Si](CC)(CC)CC)[C@@H](C)[C@@H](CCCC[P+](c3ccccc3)(c3ccccc3)c3ccccc3)O2)[C@@H]1C. The summed E-state index contributed by atoms with van der Waals surface area (Å²) in [6.07, 6.45) is 7.87. The second-order valence-corrected chi connectivity index (χ2v) is 36.9. The first-order valence-corrected chi connectivity index (χ1v) is 35.1. The van der Waals surface area contributed by atoms with Crippen LogP contribution in [-0.2, 0) is 27.5 Å². The molecule has 0 spiro atoms. The molecule has 0 amide bonds. The topological polar surface area (TPSA) is 55.4 Å². The first-order valence-electron chi connectivity index (χ1n) is 25.6. The van der Waals surface area contributed by atoms with Crippen LogP contribution in [0.4, 0.5) is 0 Å². The van der Waals surface area contributed by atoms with Crippen molar-refractivity contribution in [2.75, 3.05) is 13.3 Å². The van der Waals surface area contributed by atoms with E-state index in [2.05, 4.69) is 173 Å². The number of unbranched alkanes of at least 4 members (excludes halogenated alkanes) is 1. The van der Waals surface area contributed by atoms with Gasteiger partial charge in [-0.1, -0.05) is 131 Å². The van der Waals surface area contributed by atoms with Gasteiger partial charge in [0, 0.05) is 25.4 Å². The highest BCUT2D eigenvalue weighted by Gasteiger charge is 2.59. The summed E-state index contributed by atoms with van der Waals surface area (Å²) in [5, 5.41) is 4.31. The standard InChI is InChI=1S/C54H88O6PSi3/c1-13-62(14-2,15-3)58-50-40-41-56-52(45(50)11)53(60-64(19-7,20-8)21-9)54(55-12)43-51(59-63(16-4,17-5)18-6)44(10)49(57-54)39-31-32-42-61(46-33-25-22-26-34-46,47-35-27-23-28-36-47)48-37-29-24-30-38-48/h22-30,33-38,40-41,44-45,49-53H,13-21,31-32,39,42-43H2,1-12H3/q+1/t44-,45+,49+,50-,51-,52+,53-,54+/m0/s1. The van der Waals surface area contributed by atoms with Crippen LogP contribution in [0.25, 0.3) is 0 Å². The van der Waals surface area contributed by atoms with Crippen LogP contribution < -0.4 is 15.9 Å². The Bertz CT molecular complexity index is 1690. The van der Waals surface area contributed by atoms with E-state index in [4.69, 9.17) is 27.5 Å². The van der Waals surface area contributed by atoms with Crippen LogP contribution >= 0.6 is 7.26 Å². The quantitative estimate of drug-likeness (QED) is 0.0454. The number of hydrogen-bond acceptors (Lipinski definition) is 6. The second-order valence-electron chi connectivity index (χ2n) is 19.1. The summed E-state index contributed by atoms with van der Waals surface area (Å²) in [5.41, 5.74) is 0. The van der Waals surface area contributed by atoms with Crippen LogP contribution in [-0.4, -0.2) is 74.5 Å². The molecule has 3 aromatic carbocycles. The molecule has 0 N–H and O–H groups in total. The van der Waals surface area contributed by atoms with Crippen molar-refractivity contribution >= 4 is 48.1 Å². The summed E-state index contributed by atoms with van der Waals surface area (Å²) in [4.78, 5) is 0. The van der Waals surface area contributed by atoms with Crippen LogP contribution in [0.2, 0.25) is 54.4 Å². The molecule has 1 fully saturated rings. The van der Waals surface area contributed by atoms with Crippen molar-refractivity contribution in [3.63, 3.8) is 0 Å². The zero-order valence-electron chi connectivity index (χ0n) is 42.2. The third kappa shape index (κ3) is 11.5. The molecule has 0 unspecified atom stereocenters. The number of rotatable bonds is 26. The maximum atomic E-state index is 7.79. The molecule has 356 valence electrons. The Morgan fingerprint density at radius 2 is 1.06 bits per heavy atom. The minimum atomic E-state index is -2.23. The van der Waals surface area contributed by atoms with Crippen molar-refractivity contribution in [3.05, 3.63) is 103 Å². The first-order chi connectivity index (χ1) is 30.9. The van der Waals surface area contributed by atoms with Crippen molar-refractivity contribution in [1.82, 2.24) is 0 Å². The Hall–Kier alpha value is -1.92. The van der Waals surface area contributed by atoms with E-state index in [0.717, 1.165) is 79.8 Å². The van der Waals surface area contributed by atoms with Gasteiger partial charge >= 0.3 is 0 Å². The molecule has 64 heavy (non-hydrogen) atoms. The van der Waals surface area contributed by atoms with Gasteiger partial charge in [0.15, 0.2) is 30.7 Å². The zero-order chi connectivity index (χ0) is 46.4. The average Bonchev–Trinajstić information content (AvgIpc) is 3.36. The van der Waals surface area contributed by atoms with Gasteiger partial charge in [-0.15, -0.1) is 0 Å². The highest BCUT2D eigenvalue weighted by atomic mass is 31.2. The van der Waals surface area contributed by atoms with E-state index in [9.17, 15) is 0 Å². The summed E-state index contributed by atoms with van der Waals surface area (Å²) in [5.74, 6) is -0.834. The molecule has 0 radical (unpaired) electrons. The zero-order valence-corrected chi connectivity index (χ0v) is 46.0. The molecule has 6 nitrogen and oxygen atoms in total. The van der Waals surface area contributed by atoms with Crippen molar-refractivity contribution in [3.8, 4) is 0 Å². The maximum absolute atomic E-state index is 7.79. The van der Waals surface area contributed by atoms with Gasteiger partial charge in [0.1, 0.15) is 35.4 Å². The van der Waals surface area contributed by atoms with E-state index in [1.807, 2.05) is 13.4 Å². The van der Waals surface area contributed by atoms with Crippen LogP contribution in [0.15, 0.2) is 103 Å².